The third-order valence-electron chi connectivity index (χ3n) is 3.30. The van der Waals surface area contributed by atoms with Crippen LogP contribution in [0.4, 0.5) is 5.69 Å². The predicted octanol–water partition coefficient (Wildman–Crippen LogP) is 2.88. The molecule has 0 radical (unpaired) electrons. The van der Waals surface area contributed by atoms with Crippen molar-refractivity contribution >= 4 is 15.7 Å². The van der Waals surface area contributed by atoms with Gasteiger partial charge in [-0.2, -0.15) is 0 Å². The summed E-state index contributed by atoms with van der Waals surface area (Å²) >= 11 is 0. The Labute approximate surface area is 129 Å². The van der Waals surface area contributed by atoms with Crippen LogP contribution in [0, 0.1) is 13.8 Å². The summed E-state index contributed by atoms with van der Waals surface area (Å²) in [4.78, 5) is 0.149. The molecule has 0 saturated heterocycles. The number of ether oxygens (including phenoxy) is 2. The maximum atomic E-state index is 12.5. The van der Waals surface area contributed by atoms with E-state index in [9.17, 15) is 8.42 Å². The van der Waals surface area contributed by atoms with Gasteiger partial charge in [0.15, 0.2) is 11.5 Å². The molecule has 22 heavy (non-hydrogen) atoms. The number of rotatable bonds is 3. The zero-order valence-electron chi connectivity index (χ0n) is 12.4. The Bertz CT molecular complexity index is 795. The molecule has 1 N–H and O–H groups in total. The second kappa shape index (κ2) is 5.53. The van der Waals surface area contributed by atoms with Crippen molar-refractivity contribution in [1.82, 2.24) is 0 Å². The summed E-state index contributed by atoms with van der Waals surface area (Å²) in [6.45, 7) is 4.74. The molecule has 0 atom stereocenters. The van der Waals surface area contributed by atoms with E-state index < -0.39 is 10.0 Å². The number of nitrogens with one attached hydrogen (secondary N) is 1. The highest BCUT2D eigenvalue weighted by molar-refractivity contribution is 7.92. The molecule has 0 unspecified atom stereocenters. The third-order valence-corrected chi connectivity index (χ3v) is 4.68. The fourth-order valence-electron chi connectivity index (χ4n) is 2.44. The number of aryl methyl sites for hydroxylation is 2. The van der Waals surface area contributed by atoms with Gasteiger partial charge in [0.1, 0.15) is 13.2 Å². The Kier molecular flexibility index (Phi) is 3.70. The molecule has 2 aromatic rings. The van der Waals surface area contributed by atoms with E-state index in [1.807, 2.05) is 19.9 Å². The molecule has 0 bridgehead atoms. The van der Waals surface area contributed by atoms with Crippen molar-refractivity contribution < 1.29 is 17.9 Å². The van der Waals surface area contributed by atoms with Crippen LogP contribution in [0.15, 0.2) is 41.3 Å². The van der Waals surface area contributed by atoms with Crippen LogP contribution in [0.25, 0.3) is 0 Å². The first-order chi connectivity index (χ1) is 10.4. The van der Waals surface area contributed by atoms with Gasteiger partial charge < -0.3 is 9.47 Å². The Morgan fingerprint density at radius 3 is 2.23 bits per heavy atom. The lowest BCUT2D eigenvalue weighted by Crippen LogP contribution is -2.17. The van der Waals surface area contributed by atoms with Crippen molar-refractivity contribution in [1.29, 1.82) is 0 Å². The second-order valence-corrected chi connectivity index (χ2v) is 6.97. The molecule has 0 aliphatic carbocycles. The Hall–Kier alpha value is -2.21. The molecular weight excluding hydrogens is 302 g/mol. The van der Waals surface area contributed by atoms with Gasteiger partial charge in [0, 0.05) is 11.8 Å². The zero-order chi connectivity index (χ0) is 15.7. The van der Waals surface area contributed by atoms with Crippen LogP contribution in [0.3, 0.4) is 0 Å². The predicted molar refractivity (Wildman–Crippen MR) is 84.2 cm³/mol. The lowest BCUT2D eigenvalue weighted by Gasteiger charge is -2.19. The average Bonchev–Trinajstić information content (AvgIpc) is 2.45. The van der Waals surface area contributed by atoms with E-state index >= 15 is 0 Å². The minimum atomic E-state index is -3.67. The van der Waals surface area contributed by atoms with Gasteiger partial charge in [-0.3, -0.25) is 4.72 Å². The quantitative estimate of drug-likeness (QED) is 0.945. The largest absolute Gasteiger partial charge is 0.486 e. The monoisotopic (exact) mass is 319 g/mol. The first-order valence-electron chi connectivity index (χ1n) is 6.95. The minimum Gasteiger partial charge on any atom is -0.486 e. The smallest absolute Gasteiger partial charge is 0.262 e. The van der Waals surface area contributed by atoms with Crippen LogP contribution in [-0.4, -0.2) is 21.6 Å². The summed E-state index contributed by atoms with van der Waals surface area (Å²) in [6, 6.07) is 10.2. The highest BCUT2D eigenvalue weighted by Gasteiger charge is 2.19. The molecule has 0 fully saturated rings. The van der Waals surface area contributed by atoms with Crippen molar-refractivity contribution in [2.45, 2.75) is 18.7 Å². The summed E-state index contributed by atoms with van der Waals surface area (Å²) in [7, 11) is -3.67. The Morgan fingerprint density at radius 1 is 0.909 bits per heavy atom. The third kappa shape index (κ3) is 3.01. The minimum absolute atomic E-state index is 0.149. The van der Waals surface area contributed by atoms with Crippen LogP contribution in [-0.2, 0) is 10.0 Å². The number of hydrogen-bond acceptors (Lipinski definition) is 4. The maximum Gasteiger partial charge on any atom is 0.262 e. The number of sulfonamides is 1. The normalized spacial score (nSPS) is 13.7. The summed E-state index contributed by atoms with van der Waals surface area (Å²) in [5.41, 5.74) is 2.55. The average molecular weight is 319 g/mol. The van der Waals surface area contributed by atoms with E-state index in [0.717, 1.165) is 11.1 Å². The van der Waals surface area contributed by atoms with Crippen molar-refractivity contribution in [2.75, 3.05) is 17.9 Å². The molecule has 3 rings (SSSR count). The molecule has 0 amide bonds. The molecule has 5 nitrogen and oxygen atoms in total. The fraction of sp³-hybridized carbons (Fsp3) is 0.250. The molecule has 1 aliphatic heterocycles. The van der Waals surface area contributed by atoms with E-state index in [2.05, 4.69) is 4.72 Å². The molecular formula is C16H17NO4S. The van der Waals surface area contributed by atoms with Crippen molar-refractivity contribution in [3.8, 4) is 11.5 Å². The topological polar surface area (TPSA) is 64.6 Å². The van der Waals surface area contributed by atoms with E-state index in [1.54, 1.807) is 18.2 Å². The van der Waals surface area contributed by atoms with Crippen LogP contribution in [0.5, 0.6) is 11.5 Å². The van der Waals surface area contributed by atoms with Crippen molar-refractivity contribution in [3.05, 3.63) is 47.5 Å². The van der Waals surface area contributed by atoms with E-state index in [0.29, 0.717) is 30.4 Å². The van der Waals surface area contributed by atoms with Gasteiger partial charge in [-0.05, 0) is 49.2 Å². The van der Waals surface area contributed by atoms with Crippen LogP contribution in [0.2, 0.25) is 0 Å². The number of hydrogen-bond donors (Lipinski definition) is 1. The first-order valence-corrected chi connectivity index (χ1v) is 8.43. The maximum absolute atomic E-state index is 12.5. The molecule has 2 aromatic carbocycles. The summed E-state index contributed by atoms with van der Waals surface area (Å²) in [6.07, 6.45) is 0. The second-order valence-electron chi connectivity index (χ2n) is 5.29. The first kappa shape index (κ1) is 14.7. The van der Waals surface area contributed by atoms with Gasteiger partial charge in [-0.1, -0.05) is 6.07 Å². The molecule has 0 aromatic heterocycles. The Morgan fingerprint density at radius 2 is 1.55 bits per heavy atom. The molecule has 1 heterocycles. The lowest BCUT2D eigenvalue weighted by atomic mass is 10.1. The summed E-state index contributed by atoms with van der Waals surface area (Å²) < 4.78 is 38.4. The van der Waals surface area contributed by atoms with Gasteiger partial charge in [-0.15, -0.1) is 0 Å². The number of anilines is 1. The standard InChI is InChI=1S/C16H17NO4S/c1-11-7-12(2)9-13(8-11)17-22(18,19)14-3-4-15-16(10-14)21-6-5-20-15/h3-4,7-10,17H,5-6H2,1-2H3. The van der Waals surface area contributed by atoms with E-state index in [1.165, 1.54) is 12.1 Å². The van der Waals surface area contributed by atoms with Crippen molar-refractivity contribution in [2.24, 2.45) is 0 Å². The SMILES string of the molecule is Cc1cc(C)cc(NS(=O)(=O)c2ccc3c(c2)OCCO3)c1. The molecule has 6 heteroatoms. The zero-order valence-corrected chi connectivity index (χ0v) is 13.2. The Balaban J connectivity index is 1.92. The van der Waals surface area contributed by atoms with Crippen LogP contribution >= 0.6 is 0 Å². The number of benzene rings is 2. The van der Waals surface area contributed by atoms with Crippen LogP contribution in [0.1, 0.15) is 11.1 Å². The fourth-order valence-corrected chi connectivity index (χ4v) is 3.49. The van der Waals surface area contributed by atoms with Gasteiger partial charge in [0.2, 0.25) is 0 Å². The lowest BCUT2D eigenvalue weighted by molar-refractivity contribution is 0.171. The van der Waals surface area contributed by atoms with Crippen molar-refractivity contribution in [3.63, 3.8) is 0 Å². The van der Waals surface area contributed by atoms with E-state index in [4.69, 9.17) is 9.47 Å². The summed E-state index contributed by atoms with van der Waals surface area (Å²) in [5.74, 6) is 1.02. The van der Waals surface area contributed by atoms with Gasteiger partial charge in [-0.25, -0.2) is 8.42 Å². The van der Waals surface area contributed by atoms with E-state index in [-0.39, 0.29) is 4.90 Å². The summed E-state index contributed by atoms with van der Waals surface area (Å²) in [5, 5.41) is 0. The molecule has 0 saturated carbocycles. The van der Waals surface area contributed by atoms with Gasteiger partial charge >= 0.3 is 0 Å². The molecule has 1 aliphatic rings. The highest BCUT2D eigenvalue weighted by atomic mass is 32.2. The highest BCUT2D eigenvalue weighted by Crippen LogP contribution is 2.32. The van der Waals surface area contributed by atoms with Crippen LogP contribution < -0.4 is 14.2 Å². The van der Waals surface area contributed by atoms with Gasteiger partial charge in [0.05, 0.1) is 4.90 Å². The molecule has 0 spiro atoms. The molecule has 116 valence electrons. The number of fused-ring (bicyclic) bond motifs is 1. The van der Waals surface area contributed by atoms with Gasteiger partial charge in [0.25, 0.3) is 10.0 Å².